The van der Waals surface area contributed by atoms with Crippen molar-refractivity contribution in [3.63, 3.8) is 0 Å². The lowest BCUT2D eigenvalue weighted by molar-refractivity contribution is 0.779. The summed E-state index contributed by atoms with van der Waals surface area (Å²) in [6.45, 7) is 4.23. The van der Waals surface area contributed by atoms with Crippen molar-refractivity contribution < 1.29 is 0 Å². The summed E-state index contributed by atoms with van der Waals surface area (Å²) >= 11 is 1.76. The van der Waals surface area contributed by atoms with Crippen molar-refractivity contribution in [1.82, 2.24) is 0 Å². The molecule has 1 aromatic carbocycles. The third-order valence-corrected chi connectivity index (χ3v) is 5.41. The van der Waals surface area contributed by atoms with Crippen molar-refractivity contribution in [2.24, 2.45) is 10.3 Å². The molecule has 0 N–H and O–H groups in total. The first kappa shape index (κ1) is 12.3. The van der Waals surface area contributed by atoms with Crippen LogP contribution in [0.4, 0.5) is 5.69 Å². The van der Waals surface area contributed by atoms with Gasteiger partial charge in [-0.1, -0.05) is 30.4 Å². The highest BCUT2D eigenvalue weighted by Gasteiger charge is 2.45. The zero-order valence-corrected chi connectivity index (χ0v) is 12.7. The van der Waals surface area contributed by atoms with Gasteiger partial charge in [-0.2, -0.15) is 4.40 Å². The maximum atomic E-state index is 4.80. The zero-order chi connectivity index (χ0) is 13.7. The van der Waals surface area contributed by atoms with E-state index in [0.29, 0.717) is 5.37 Å². The fraction of sp³-hybridized carbons (Fsp3) is 0.353. The molecule has 1 atom stereocenters. The van der Waals surface area contributed by atoms with E-state index in [1.54, 1.807) is 11.9 Å². The Balaban J connectivity index is 1.93. The molecule has 1 fully saturated rings. The molecule has 0 bridgehead atoms. The van der Waals surface area contributed by atoms with Gasteiger partial charge in [0.2, 0.25) is 0 Å². The summed E-state index contributed by atoms with van der Waals surface area (Å²) in [5.41, 5.74) is 5.26. The van der Waals surface area contributed by atoms with Gasteiger partial charge in [0.05, 0.1) is 5.69 Å². The van der Waals surface area contributed by atoms with E-state index >= 15 is 0 Å². The van der Waals surface area contributed by atoms with Crippen molar-refractivity contribution in [1.29, 1.82) is 0 Å². The van der Waals surface area contributed by atoms with Crippen molar-refractivity contribution in [3.05, 3.63) is 47.6 Å². The van der Waals surface area contributed by atoms with E-state index in [-0.39, 0.29) is 0 Å². The molecule has 3 aliphatic rings. The summed E-state index contributed by atoms with van der Waals surface area (Å²) in [5, 5.41) is 0.500. The predicted octanol–water partition coefficient (Wildman–Crippen LogP) is 4.65. The fourth-order valence-electron chi connectivity index (χ4n) is 3.20. The van der Waals surface area contributed by atoms with E-state index in [1.165, 1.54) is 35.2 Å². The molecule has 2 heterocycles. The predicted molar refractivity (Wildman–Crippen MR) is 87.9 cm³/mol. The summed E-state index contributed by atoms with van der Waals surface area (Å²) in [5.74, 6) is 1.96. The molecule has 0 amide bonds. The van der Waals surface area contributed by atoms with Crippen molar-refractivity contribution in [2.45, 2.75) is 32.1 Å². The van der Waals surface area contributed by atoms with Crippen molar-refractivity contribution in [3.8, 4) is 0 Å². The minimum absolute atomic E-state index is 0.500. The molecule has 1 aromatic rings. The second-order valence-electron chi connectivity index (χ2n) is 5.54. The first-order valence-electron chi connectivity index (χ1n) is 7.31. The van der Waals surface area contributed by atoms with E-state index in [1.807, 2.05) is 0 Å². The topological polar surface area (TPSA) is 15.6 Å². The Kier molecular flexibility index (Phi) is 2.77. The minimum atomic E-state index is 0.500. The van der Waals surface area contributed by atoms with Crippen LogP contribution in [0.5, 0.6) is 0 Å². The van der Waals surface area contributed by atoms with Gasteiger partial charge in [0, 0.05) is 23.1 Å². The number of anilines is 1. The van der Waals surface area contributed by atoms with Crippen LogP contribution in [0.3, 0.4) is 0 Å². The fourth-order valence-corrected chi connectivity index (χ4v) is 4.34. The maximum absolute atomic E-state index is 4.80. The highest BCUT2D eigenvalue weighted by molar-refractivity contribution is 7.99. The lowest BCUT2D eigenvalue weighted by Gasteiger charge is -2.35. The summed E-state index contributed by atoms with van der Waals surface area (Å²) in [7, 11) is 0. The van der Waals surface area contributed by atoms with Gasteiger partial charge in [-0.25, -0.2) is 0 Å². The molecule has 4 rings (SSSR count). The Morgan fingerprint density at radius 3 is 2.60 bits per heavy atom. The highest BCUT2D eigenvalue weighted by Crippen LogP contribution is 2.51. The first-order chi connectivity index (χ1) is 9.85. The maximum Gasteiger partial charge on any atom is 0.149 e. The molecule has 3 heteroatoms. The Labute approximate surface area is 124 Å². The second kappa shape index (κ2) is 4.52. The van der Waals surface area contributed by atoms with Crippen LogP contribution in [0.15, 0.2) is 46.4 Å². The van der Waals surface area contributed by atoms with E-state index in [0.717, 1.165) is 11.8 Å². The van der Waals surface area contributed by atoms with Crippen LogP contribution in [0, 0.1) is 5.92 Å². The Bertz CT molecular complexity index is 653. The molecule has 102 valence electrons. The largest absolute Gasteiger partial charge is 0.310 e. The van der Waals surface area contributed by atoms with Crippen LogP contribution in [0.25, 0.3) is 5.57 Å². The number of nitrogens with zero attached hydrogens (tertiary/aromatic N) is 2. The molecule has 1 unspecified atom stereocenters. The Morgan fingerprint density at radius 1 is 1.15 bits per heavy atom. The Hall–Kier alpha value is -1.48. The second-order valence-corrected chi connectivity index (χ2v) is 6.42. The summed E-state index contributed by atoms with van der Waals surface area (Å²) < 4.78 is 4.80. The number of para-hydroxylation sites is 1. The summed E-state index contributed by atoms with van der Waals surface area (Å²) in [4.78, 5) is 2.47. The number of allylic oxidation sites excluding steroid dienone is 2. The molecule has 2 nitrogen and oxygen atoms in total. The van der Waals surface area contributed by atoms with Gasteiger partial charge in [-0.05, 0) is 44.2 Å². The molecule has 1 saturated carbocycles. The molecule has 0 saturated heterocycles. The van der Waals surface area contributed by atoms with Gasteiger partial charge >= 0.3 is 0 Å². The van der Waals surface area contributed by atoms with Gasteiger partial charge in [-0.15, -0.1) is 0 Å². The van der Waals surface area contributed by atoms with Crippen LogP contribution in [0.1, 0.15) is 32.3 Å². The third-order valence-electron chi connectivity index (χ3n) is 4.32. The smallest absolute Gasteiger partial charge is 0.149 e. The van der Waals surface area contributed by atoms with Crippen LogP contribution in [-0.4, -0.2) is 11.2 Å². The number of hydrogen-bond donors (Lipinski definition) is 0. The van der Waals surface area contributed by atoms with E-state index < -0.39 is 0 Å². The quantitative estimate of drug-likeness (QED) is 0.697. The van der Waals surface area contributed by atoms with Gasteiger partial charge < -0.3 is 4.90 Å². The molecule has 2 aliphatic heterocycles. The van der Waals surface area contributed by atoms with Gasteiger partial charge in [0.1, 0.15) is 11.2 Å². The van der Waals surface area contributed by atoms with Gasteiger partial charge in [0.25, 0.3) is 0 Å². The van der Waals surface area contributed by atoms with Crippen LogP contribution >= 0.6 is 11.9 Å². The monoisotopic (exact) mass is 282 g/mol. The van der Waals surface area contributed by atoms with Crippen molar-refractivity contribution >= 4 is 29.0 Å². The lowest BCUT2D eigenvalue weighted by Crippen LogP contribution is -2.39. The average molecular weight is 282 g/mol. The summed E-state index contributed by atoms with van der Waals surface area (Å²) in [6.07, 6.45) is 7.11. The molecular weight excluding hydrogens is 264 g/mol. The first-order valence-corrected chi connectivity index (χ1v) is 8.14. The SMILES string of the molecule is C/C=C1\C(=C/C)C2=NSC(C3CC3)N2c2ccccc21. The molecule has 20 heavy (non-hydrogen) atoms. The van der Waals surface area contributed by atoms with Crippen LogP contribution in [0.2, 0.25) is 0 Å². The normalized spacial score (nSPS) is 28.6. The molecule has 0 radical (unpaired) electrons. The lowest BCUT2D eigenvalue weighted by atomic mass is 9.90. The van der Waals surface area contributed by atoms with Gasteiger partial charge in [-0.3, -0.25) is 0 Å². The number of rotatable bonds is 1. The van der Waals surface area contributed by atoms with Crippen molar-refractivity contribution in [2.75, 3.05) is 4.90 Å². The standard InChI is InChI=1S/C17H18N2S/c1-3-12-13(4-2)16-18-20-17(11-9-10-11)19(16)15-8-6-5-7-14(12)15/h3-8,11,17H,9-10H2,1-2H3/b12-3+,13-4+. The van der Waals surface area contributed by atoms with Crippen LogP contribution < -0.4 is 4.90 Å². The van der Waals surface area contributed by atoms with Crippen LogP contribution in [-0.2, 0) is 0 Å². The number of hydrogen-bond acceptors (Lipinski definition) is 3. The number of benzene rings is 1. The third kappa shape index (κ3) is 1.62. The van der Waals surface area contributed by atoms with E-state index in [4.69, 9.17) is 4.40 Å². The van der Waals surface area contributed by atoms with E-state index in [9.17, 15) is 0 Å². The average Bonchev–Trinajstić information content (AvgIpc) is 3.24. The molecule has 1 aliphatic carbocycles. The van der Waals surface area contributed by atoms with E-state index in [2.05, 4.69) is 55.2 Å². The minimum Gasteiger partial charge on any atom is -0.310 e. The molecular formula is C17H18N2S. The zero-order valence-electron chi connectivity index (χ0n) is 11.8. The molecule has 0 aromatic heterocycles. The highest BCUT2D eigenvalue weighted by atomic mass is 32.2. The summed E-state index contributed by atoms with van der Waals surface area (Å²) in [6, 6.07) is 8.74. The number of fused-ring (bicyclic) bond motifs is 3. The van der Waals surface area contributed by atoms with Gasteiger partial charge in [0.15, 0.2) is 0 Å². The Morgan fingerprint density at radius 2 is 1.90 bits per heavy atom. The number of amidine groups is 1. The molecule has 0 spiro atoms.